The van der Waals surface area contributed by atoms with E-state index in [1.165, 1.54) is 5.56 Å². The third-order valence-electron chi connectivity index (χ3n) is 3.87. The summed E-state index contributed by atoms with van der Waals surface area (Å²) in [5, 5.41) is 13.0. The fourth-order valence-corrected chi connectivity index (χ4v) is 2.83. The summed E-state index contributed by atoms with van der Waals surface area (Å²) in [5.74, 6) is 2.17. The first kappa shape index (κ1) is 16.1. The van der Waals surface area contributed by atoms with Crippen molar-refractivity contribution in [2.45, 2.75) is 51.9 Å². The van der Waals surface area contributed by atoms with Gasteiger partial charge in [-0.15, -0.1) is 0 Å². The van der Waals surface area contributed by atoms with E-state index in [0.29, 0.717) is 5.92 Å². The van der Waals surface area contributed by atoms with E-state index in [4.69, 9.17) is 9.47 Å². The van der Waals surface area contributed by atoms with Gasteiger partial charge in [0.25, 0.3) is 0 Å². The largest absolute Gasteiger partial charge is 0.493 e. The number of aliphatic hydroxyl groups excluding tert-OH is 1. The maximum absolute atomic E-state index is 9.53. The van der Waals surface area contributed by atoms with Gasteiger partial charge in [0, 0.05) is 6.54 Å². The molecular weight excluding hydrogens is 266 g/mol. The molecule has 0 aromatic heterocycles. The third kappa shape index (κ3) is 4.90. The predicted molar refractivity (Wildman–Crippen MR) is 83.8 cm³/mol. The molecule has 0 spiro atoms. The number of rotatable bonds is 7. The number of nitrogens with one attached hydrogen (secondary N) is 1. The van der Waals surface area contributed by atoms with E-state index in [2.05, 4.69) is 11.4 Å². The topological polar surface area (TPSA) is 50.7 Å². The Morgan fingerprint density at radius 3 is 2.71 bits per heavy atom. The van der Waals surface area contributed by atoms with Crippen LogP contribution in [0.2, 0.25) is 0 Å². The van der Waals surface area contributed by atoms with Gasteiger partial charge in [-0.25, -0.2) is 0 Å². The van der Waals surface area contributed by atoms with Crippen molar-refractivity contribution in [3.63, 3.8) is 0 Å². The van der Waals surface area contributed by atoms with Crippen molar-refractivity contribution in [1.29, 1.82) is 0 Å². The minimum absolute atomic E-state index is 0.0932. The Morgan fingerprint density at radius 2 is 2.10 bits per heavy atom. The minimum atomic E-state index is -0.0932. The van der Waals surface area contributed by atoms with Gasteiger partial charge < -0.3 is 19.9 Å². The molecule has 1 aliphatic rings. The van der Waals surface area contributed by atoms with Crippen LogP contribution in [0.4, 0.5) is 0 Å². The van der Waals surface area contributed by atoms with E-state index < -0.39 is 0 Å². The smallest absolute Gasteiger partial charge is 0.161 e. The van der Waals surface area contributed by atoms with E-state index in [9.17, 15) is 5.11 Å². The van der Waals surface area contributed by atoms with Crippen molar-refractivity contribution in [3.8, 4) is 11.5 Å². The van der Waals surface area contributed by atoms with Crippen molar-refractivity contribution in [3.05, 3.63) is 23.8 Å². The molecule has 1 saturated carbocycles. The summed E-state index contributed by atoms with van der Waals surface area (Å²) in [5.41, 5.74) is 1.18. The molecular formula is C17H27NO3. The Balaban J connectivity index is 1.85. The number of hydrogen-bond donors (Lipinski definition) is 2. The lowest BCUT2D eigenvalue weighted by Crippen LogP contribution is -2.21. The fourth-order valence-electron chi connectivity index (χ4n) is 2.83. The molecule has 4 nitrogen and oxygen atoms in total. The molecule has 0 saturated heterocycles. The van der Waals surface area contributed by atoms with Crippen LogP contribution in [0.5, 0.6) is 11.5 Å². The molecule has 2 rings (SSSR count). The molecule has 2 N–H and O–H groups in total. The lowest BCUT2D eigenvalue weighted by molar-refractivity contribution is 0.177. The molecule has 1 aliphatic carbocycles. The average Bonchev–Trinajstić information content (AvgIpc) is 2.85. The number of methoxy groups -OCH3 is 1. The summed E-state index contributed by atoms with van der Waals surface area (Å²) < 4.78 is 11.1. The fraction of sp³-hybridized carbons (Fsp3) is 0.647. The average molecular weight is 293 g/mol. The van der Waals surface area contributed by atoms with Gasteiger partial charge in [0.2, 0.25) is 0 Å². The standard InChI is InChI=1S/C17H27NO3/c1-12(2)21-16-7-5-14(9-17(16)20-3)11-18-10-13-4-6-15(19)8-13/h5,7,9,12-13,15,18-19H,4,6,8,10-11H2,1-3H3. The molecule has 1 aromatic rings. The highest BCUT2D eigenvalue weighted by molar-refractivity contribution is 5.43. The first-order valence-electron chi connectivity index (χ1n) is 7.81. The lowest BCUT2D eigenvalue weighted by Gasteiger charge is -2.15. The molecule has 0 bridgehead atoms. The van der Waals surface area contributed by atoms with E-state index in [0.717, 1.165) is 43.9 Å². The van der Waals surface area contributed by atoms with Crippen LogP contribution in [-0.2, 0) is 6.54 Å². The van der Waals surface area contributed by atoms with E-state index in [1.54, 1.807) is 7.11 Å². The number of aliphatic hydroxyl groups is 1. The van der Waals surface area contributed by atoms with Crippen molar-refractivity contribution < 1.29 is 14.6 Å². The molecule has 1 fully saturated rings. The summed E-state index contributed by atoms with van der Waals surface area (Å²) in [6.45, 7) is 5.78. The van der Waals surface area contributed by atoms with Gasteiger partial charge in [-0.1, -0.05) is 6.07 Å². The highest BCUT2D eigenvalue weighted by atomic mass is 16.5. The maximum Gasteiger partial charge on any atom is 0.161 e. The zero-order valence-electron chi connectivity index (χ0n) is 13.3. The van der Waals surface area contributed by atoms with Crippen molar-refractivity contribution in [1.82, 2.24) is 5.32 Å². The van der Waals surface area contributed by atoms with E-state index in [-0.39, 0.29) is 12.2 Å². The summed E-state index contributed by atoms with van der Waals surface area (Å²) in [7, 11) is 1.67. The Morgan fingerprint density at radius 1 is 1.29 bits per heavy atom. The molecule has 2 unspecified atom stereocenters. The molecule has 118 valence electrons. The molecule has 0 aliphatic heterocycles. The quantitative estimate of drug-likeness (QED) is 0.811. The van der Waals surface area contributed by atoms with Crippen LogP contribution in [0.3, 0.4) is 0 Å². The van der Waals surface area contributed by atoms with Gasteiger partial charge in [0.15, 0.2) is 11.5 Å². The van der Waals surface area contributed by atoms with Crippen LogP contribution in [0, 0.1) is 5.92 Å². The summed E-state index contributed by atoms with van der Waals surface area (Å²) in [6.07, 6.45) is 3.04. The zero-order chi connectivity index (χ0) is 15.2. The first-order valence-corrected chi connectivity index (χ1v) is 7.81. The second-order valence-electron chi connectivity index (χ2n) is 6.12. The summed E-state index contributed by atoms with van der Waals surface area (Å²) >= 11 is 0. The van der Waals surface area contributed by atoms with Crippen LogP contribution in [0.1, 0.15) is 38.7 Å². The lowest BCUT2D eigenvalue weighted by atomic mass is 10.1. The Hall–Kier alpha value is -1.26. The van der Waals surface area contributed by atoms with Gasteiger partial charge in [0.05, 0.1) is 19.3 Å². The predicted octanol–water partition coefficient (Wildman–Crippen LogP) is 2.73. The monoisotopic (exact) mass is 293 g/mol. The van der Waals surface area contributed by atoms with Crippen molar-refractivity contribution in [2.75, 3.05) is 13.7 Å². The normalized spacial score (nSPS) is 21.8. The highest BCUT2D eigenvalue weighted by Gasteiger charge is 2.22. The Labute approximate surface area is 127 Å². The molecule has 1 aromatic carbocycles. The molecule has 21 heavy (non-hydrogen) atoms. The molecule has 0 heterocycles. The van der Waals surface area contributed by atoms with Crippen molar-refractivity contribution in [2.24, 2.45) is 5.92 Å². The second-order valence-corrected chi connectivity index (χ2v) is 6.12. The van der Waals surface area contributed by atoms with Crippen LogP contribution in [0.25, 0.3) is 0 Å². The van der Waals surface area contributed by atoms with E-state index in [1.807, 2.05) is 26.0 Å². The third-order valence-corrected chi connectivity index (χ3v) is 3.87. The summed E-state index contributed by atoms with van der Waals surface area (Å²) in [4.78, 5) is 0. The van der Waals surface area contributed by atoms with Gasteiger partial charge in [-0.3, -0.25) is 0 Å². The Kier molecular flexibility index (Phi) is 5.88. The molecule has 2 atom stereocenters. The van der Waals surface area contributed by atoms with Gasteiger partial charge in [0.1, 0.15) is 0 Å². The van der Waals surface area contributed by atoms with Crippen molar-refractivity contribution >= 4 is 0 Å². The van der Waals surface area contributed by atoms with Gasteiger partial charge in [-0.2, -0.15) is 0 Å². The van der Waals surface area contributed by atoms with Gasteiger partial charge in [-0.05, 0) is 63.3 Å². The number of benzene rings is 1. The zero-order valence-corrected chi connectivity index (χ0v) is 13.3. The van der Waals surface area contributed by atoms with E-state index >= 15 is 0 Å². The second kappa shape index (κ2) is 7.66. The van der Waals surface area contributed by atoms with Crippen LogP contribution < -0.4 is 14.8 Å². The van der Waals surface area contributed by atoms with Crippen LogP contribution in [-0.4, -0.2) is 31.0 Å². The molecule has 0 radical (unpaired) electrons. The summed E-state index contributed by atoms with van der Waals surface area (Å²) in [6, 6.07) is 6.06. The maximum atomic E-state index is 9.53. The minimum Gasteiger partial charge on any atom is -0.493 e. The number of hydrogen-bond acceptors (Lipinski definition) is 4. The highest BCUT2D eigenvalue weighted by Crippen LogP contribution is 2.29. The number of ether oxygens (including phenoxy) is 2. The molecule has 4 heteroatoms. The van der Waals surface area contributed by atoms with Crippen LogP contribution in [0.15, 0.2) is 18.2 Å². The first-order chi connectivity index (χ1) is 10.1. The Bertz CT molecular complexity index is 448. The van der Waals surface area contributed by atoms with Crippen LogP contribution >= 0.6 is 0 Å². The SMILES string of the molecule is COc1cc(CNCC2CCC(O)C2)ccc1OC(C)C. The van der Waals surface area contributed by atoms with Gasteiger partial charge >= 0.3 is 0 Å². The molecule has 0 amide bonds.